The van der Waals surface area contributed by atoms with Crippen LogP contribution in [0.5, 0.6) is 5.75 Å². The van der Waals surface area contributed by atoms with Crippen LogP contribution < -0.4 is 4.74 Å². The van der Waals surface area contributed by atoms with Crippen molar-refractivity contribution in [1.29, 1.82) is 0 Å². The van der Waals surface area contributed by atoms with Gasteiger partial charge in [0.05, 0.1) is 0 Å². The molecule has 0 spiro atoms. The third-order valence-electron chi connectivity index (χ3n) is 4.26. The molecular formula is C23H24FNO2. The Kier molecular flexibility index (Phi) is 6.97. The fourth-order valence-electron chi connectivity index (χ4n) is 2.95. The van der Waals surface area contributed by atoms with Gasteiger partial charge in [-0.25, -0.2) is 4.39 Å². The first-order valence-electron chi connectivity index (χ1n) is 9.06. The zero-order valence-corrected chi connectivity index (χ0v) is 15.2. The number of aliphatic hydroxyl groups excluding tert-OH is 1. The lowest BCUT2D eigenvalue weighted by Crippen LogP contribution is -2.35. The van der Waals surface area contributed by atoms with Crippen LogP contribution in [0.4, 0.5) is 4.39 Å². The molecule has 0 saturated heterocycles. The van der Waals surface area contributed by atoms with E-state index in [-0.39, 0.29) is 12.4 Å². The largest absolute Gasteiger partial charge is 0.491 e. The van der Waals surface area contributed by atoms with Crippen LogP contribution in [-0.4, -0.2) is 29.3 Å². The highest BCUT2D eigenvalue weighted by molar-refractivity contribution is 5.21. The van der Waals surface area contributed by atoms with Gasteiger partial charge < -0.3 is 9.84 Å². The fourth-order valence-corrected chi connectivity index (χ4v) is 2.95. The molecule has 1 unspecified atom stereocenters. The van der Waals surface area contributed by atoms with E-state index in [2.05, 4.69) is 0 Å². The summed E-state index contributed by atoms with van der Waals surface area (Å²) in [4.78, 5) is 2.03. The van der Waals surface area contributed by atoms with Crippen molar-refractivity contribution in [2.24, 2.45) is 0 Å². The van der Waals surface area contributed by atoms with Crippen LogP contribution >= 0.6 is 0 Å². The standard InChI is InChI=1S/C23H24FNO2/c24-23-14-8-7-11-20(23)16-25(15-19-9-3-1-4-10-19)17-21(26)18-27-22-12-5-2-6-13-22/h1-14,21,26H,15-18H2. The van der Waals surface area contributed by atoms with Crippen LogP contribution in [0.3, 0.4) is 0 Å². The minimum Gasteiger partial charge on any atom is -0.491 e. The summed E-state index contributed by atoms with van der Waals surface area (Å²) in [6.07, 6.45) is -0.680. The van der Waals surface area contributed by atoms with Crippen LogP contribution in [0.2, 0.25) is 0 Å². The molecule has 1 N–H and O–H groups in total. The van der Waals surface area contributed by atoms with Crippen LogP contribution in [0.25, 0.3) is 0 Å². The van der Waals surface area contributed by atoms with Crippen molar-refractivity contribution in [2.45, 2.75) is 19.2 Å². The van der Waals surface area contributed by atoms with Gasteiger partial charge in [0.2, 0.25) is 0 Å². The Hall–Kier alpha value is -2.69. The molecular weight excluding hydrogens is 341 g/mol. The average molecular weight is 365 g/mol. The monoisotopic (exact) mass is 365 g/mol. The smallest absolute Gasteiger partial charge is 0.127 e. The van der Waals surface area contributed by atoms with Gasteiger partial charge in [-0.3, -0.25) is 4.90 Å². The Bertz CT molecular complexity index is 811. The van der Waals surface area contributed by atoms with Gasteiger partial charge in [0.1, 0.15) is 24.3 Å². The van der Waals surface area contributed by atoms with Crippen LogP contribution in [0.15, 0.2) is 84.9 Å². The second kappa shape index (κ2) is 9.86. The number of halogens is 1. The second-order valence-corrected chi connectivity index (χ2v) is 6.52. The molecule has 3 rings (SSSR count). The molecule has 0 aliphatic carbocycles. The molecule has 27 heavy (non-hydrogen) atoms. The predicted molar refractivity (Wildman–Crippen MR) is 105 cm³/mol. The number of hydrogen-bond acceptors (Lipinski definition) is 3. The molecule has 0 radical (unpaired) electrons. The SMILES string of the molecule is OC(COc1ccccc1)CN(Cc1ccccc1)Cc1ccccc1F. The van der Waals surface area contributed by atoms with Crippen molar-refractivity contribution in [1.82, 2.24) is 4.90 Å². The summed E-state index contributed by atoms with van der Waals surface area (Å²) in [5.41, 5.74) is 1.73. The maximum atomic E-state index is 14.1. The highest BCUT2D eigenvalue weighted by Crippen LogP contribution is 2.14. The second-order valence-electron chi connectivity index (χ2n) is 6.52. The van der Waals surface area contributed by atoms with Gasteiger partial charge in [-0.2, -0.15) is 0 Å². The average Bonchev–Trinajstić information content (AvgIpc) is 2.70. The van der Waals surface area contributed by atoms with Gasteiger partial charge in [0.25, 0.3) is 0 Å². The Morgan fingerprint density at radius 3 is 2.15 bits per heavy atom. The first-order valence-corrected chi connectivity index (χ1v) is 9.06. The molecule has 4 heteroatoms. The van der Waals surface area contributed by atoms with E-state index in [1.165, 1.54) is 6.07 Å². The lowest BCUT2D eigenvalue weighted by molar-refractivity contribution is 0.0624. The molecule has 3 aromatic carbocycles. The summed E-state index contributed by atoms with van der Waals surface area (Å²) in [7, 11) is 0. The summed E-state index contributed by atoms with van der Waals surface area (Å²) in [5, 5.41) is 10.4. The summed E-state index contributed by atoms with van der Waals surface area (Å²) in [6, 6.07) is 26.1. The van der Waals surface area contributed by atoms with Crippen LogP contribution in [0, 0.1) is 5.82 Å². The molecule has 140 valence electrons. The fraction of sp³-hybridized carbons (Fsp3) is 0.217. The maximum Gasteiger partial charge on any atom is 0.127 e. The van der Waals surface area contributed by atoms with E-state index in [4.69, 9.17) is 4.74 Å². The summed E-state index contributed by atoms with van der Waals surface area (Å²) in [5.74, 6) is 0.492. The molecule has 0 bridgehead atoms. The maximum absolute atomic E-state index is 14.1. The number of hydrogen-bond donors (Lipinski definition) is 1. The third kappa shape index (κ3) is 6.20. The van der Waals surface area contributed by atoms with Gasteiger partial charge in [-0.05, 0) is 23.8 Å². The molecule has 1 atom stereocenters. The van der Waals surface area contributed by atoms with E-state index >= 15 is 0 Å². The van der Waals surface area contributed by atoms with Crippen molar-refractivity contribution in [2.75, 3.05) is 13.2 Å². The van der Waals surface area contributed by atoms with E-state index in [0.29, 0.717) is 25.2 Å². The summed E-state index contributed by atoms with van der Waals surface area (Å²) < 4.78 is 19.7. The number of ether oxygens (including phenoxy) is 1. The minimum absolute atomic E-state index is 0.187. The van der Waals surface area contributed by atoms with Gasteiger partial charge in [0.15, 0.2) is 0 Å². The number of para-hydroxylation sites is 1. The van der Waals surface area contributed by atoms with Gasteiger partial charge in [-0.15, -0.1) is 0 Å². The van der Waals surface area contributed by atoms with Crippen molar-refractivity contribution < 1.29 is 14.2 Å². The molecule has 3 aromatic rings. The first kappa shape index (κ1) is 19.1. The van der Waals surface area contributed by atoms with Crippen molar-refractivity contribution in [3.63, 3.8) is 0 Å². The van der Waals surface area contributed by atoms with Crippen molar-refractivity contribution in [3.8, 4) is 5.75 Å². The number of rotatable bonds is 9. The summed E-state index contributed by atoms with van der Waals surface area (Å²) >= 11 is 0. The number of nitrogens with zero attached hydrogens (tertiary/aromatic N) is 1. The molecule has 0 aliphatic rings. The molecule has 0 amide bonds. The molecule has 0 aromatic heterocycles. The van der Waals surface area contributed by atoms with E-state index < -0.39 is 6.10 Å². The number of benzene rings is 3. The Morgan fingerprint density at radius 1 is 0.815 bits per heavy atom. The van der Waals surface area contributed by atoms with Gasteiger partial charge in [0, 0.05) is 25.2 Å². The highest BCUT2D eigenvalue weighted by Gasteiger charge is 2.15. The highest BCUT2D eigenvalue weighted by atomic mass is 19.1. The molecule has 0 aliphatic heterocycles. The molecule has 0 heterocycles. The van der Waals surface area contributed by atoms with Crippen molar-refractivity contribution in [3.05, 3.63) is 102 Å². The Balaban J connectivity index is 1.64. The molecule has 0 fully saturated rings. The van der Waals surface area contributed by atoms with E-state index in [9.17, 15) is 9.50 Å². The predicted octanol–water partition coefficient (Wildman–Crippen LogP) is 4.27. The van der Waals surface area contributed by atoms with Gasteiger partial charge >= 0.3 is 0 Å². The first-order chi connectivity index (χ1) is 13.2. The Morgan fingerprint density at radius 2 is 1.44 bits per heavy atom. The van der Waals surface area contributed by atoms with Crippen LogP contribution in [-0.2, 0) is 13.1 Å². The van der Waals surface area contributed by atoms with E-state index in [1.807, 2.05) is 71.6 Å². The molecule has 3 nitrogen and oxygen atoms in total. The van der Waals surface area contributed by atoms with E-state index in [0.717, 1.165) is 11.3 Å². The topological polar surface area (TPSA) is 32.7 Å². The minimum atomic E-state index is -0.680. The lowest BCUT2D eigenvalue weighted by Gasteiger charge is -2.25. The zero-order valence-electron chi connectivity index (χ0n) is 15.2. The lowest BCUT2D eigenvalue weighted by atomic mass is 10.1. The third-order valence-corrected chi connectivity index (χ3v) is 4.26. The Labute approximate surface area is 159 Å². The molecule has 0 saturated carbocycles. The quantitative estimate of drug-likeness (QED) is 0.615. The van der Waals surface area contributed by atoms with Crippen molar-refractivity contribution >= 4 is 0 Å². The number of aliphatic hydroxyl groups is 1. The summed E-state index contributed by atoms with van der Waals surface area (Å²) in [6.45, 7) is 1.62. The van der Waals surface area contributed by atoms with Crippen LogP contribution in [0.1, 0.15) is 11.1 Å². The van der Waals surface area contributed by atoms with Gasteiger partial charge in [-0.1, -0.05) is 66.7 Å². The normalized spacial score (nSPS) is 12.1. The van der Waals surface area contributed by atoms with E-state index in [1.54, 1.807) is 12.1 Å². The zero-order chi connectivity index (χ0) is 18.9.